The quantitative estimate of drug-likeness (QED) is 0.756. The van der Waals surface area contributed by atoms with E-state index in [2.05, 4.69) is 14.5 Å². The molecule has 2 heterocycles. The molecule has 2 rings (SSSR count). The van der Waals surface area contributed by atoms with Gasteiger partial charge in [-0.1, -0.05) is 0 Å². The van der Waals surface area contributed by atoms with Crippen molar-refractivity contribution < 1.29 is 8.42 Å². The lowest BCUT2D eigenvalue weighted by atomic mass is 10.2. The van der Waals surface area contributed by atoms with Crippen LogP contribution < -0.4 is 0 Å². The number of imidazole rings is 1. The van der Waals surface area contributed by atoms with E-state index in [-0.39, 0.29) is 6.04 Å². The highest BCUT2D eigenvalue weighted by atomic mass is 32.2. The second kappa shape index (κ2) is 5.20. The fraction of sp³-hybridized carbons (Fsp3) is 0.727. The zero-order valence-corrected chi connectivity index (χ0v) is 12.6. The largest absolute Gasteiger partial charge is 0.328 e. The summed E-state index contributed by atoms with van der Waals surface area (Å²) in [5, 5.41) is 0. The summed E-state index contributed by atoms with van der Waals surface area (Å²) >= 11 is 0. The second-order valence-corrected chi connectivity index (χ2v) is 7.43. The fourth-order valence-electron chi connectivity index (χ4n) is 2.33. The van der Waals surface area contributed by atoms with E-state index in [0.717, 1.165) is 12.2 Å². The standard InChI is InChI=1S/C11H21N5O2S/c1-13(2)6-11-8-15(19(17,18)14(3)4)7-10-5-12-9-16(10)11/h5,9,11H,6-8H2,1-4H3. The van der Waals surface area contributed by atoms with Crippen LogP contribution in [0.4, 0.5) is 0 Å². The Morgan fingerprint density at radius 3 is 2.63 bits per heavy atom. The number of nitrogens with zero attached hydrogens (tertiary/aromatic N) is 5. The summed E-state index contributed by atoms with van der Waals surface area (Å²) in [4.78, 5) is 6.19. The summed E-state index contributed by atoms with van der Waals surface area (Å²) in [5.41, 5.74) is 0.934. The Kier molecular flexibility index (Phi) is 3.95. The first-order valence-electron chi connectivity index (χ1n) is 6.15. The van der Waals surface area contributed by atoms with Gasteiger partial charge in [0, 0.05) is 33.4 Å². The van der Waals surface area contributed by atoms with Crippen LogP contribution in [0.25, 0.3) is 0 Å². The third kappa shape index (κ3) is 2.81. The maximum absolute atomic E-state index is 12.3. The molecule has 1 aromatic rings. The molecule has 1 atom stereocenters. The van der Waals surface area contributed by atoms with E-state index in [1.165, 1.54) is 8.61 Å². The van der Waals surface area contributed by atoms with Gasteiger partial charge in [0.25, 0.3) is 10.2 Å². The molecule has 108 valence electrons. The van der Waals surface area contributed by atoms with Crippen molar-refractivity contribution in [3.8, 4) is 0 Å². The van der Waals surface area contributed by atoms with Gasteiger partial charge < -0.3 is 9.47 Å². The van der Waals surface area contributed by atoms with Crippen molar-refractivity contribution in [2.24, 2.45) is 0 Å². The molecule has 0 N–H and O–H groups in total. The predicted octanol–water partition coefficient (Wildman–Crippen LogP) is -0.392. The van der Waals surface area contributed by atoms with Crippen molar-refractivity contribution in [1.29, 1.82) is 0 Å². The molecule has 0 radical (unpaired) electrons. The topological polar surface area (TPSA) is 61.7 Å². The Balaban J connectivity index is 2.30. The normalized spacial score (nSPS) is 21.1. The van der Waals surface area contributed by atoms with E-state index >= 15 is 0 Å². The molecule has 8 heteroatoms. The van der Waals surface area contributed by atoms with Gasteiger partial charge in [0.2, 0.25) is 0 Å². The lowest BCUT2D eigenvalue weighted by Crippen LogP contribution is -2.47. The summed E-state index contributed by atoms with van der Waals surface area (Å²) in [6.07, 6.45) is 3.52. The number of hydrogen-bond donors (Lipinski definition) is 0. The summed E-state index contributed by atoms with van der Waals surface area (Å²) in [5.74, 6) is 0. The Bertz CT molecular complexity index is 537. The molecule has 0 aliphatic carbocycles. The lowest BCUT2D eigenvalue weighted by molar-refractivity contribution is 0.227. The molecular formula is C11H21N5O2S. The van der Waals surface area contributed by atoms with Crippen LogP contribution in [-0.4, -0.2) is 72.8 Å². The van der Waals surface area contributed by atoms with E-state index < -0.39 is 10.2 Å². The summed E-state index contributed by atoms with van der Waals surface area (Å²) in [6.45, 7) is 1.63. The van der Waals surface area contributed by atoms with Crippen molar-refractivity contribution in [3.05, 3.63) is 18.2 Å². The molecular weight excluding hydrogens is 266 g/mol. The van der Waals surface area contributed by atoms with Gasteiger partial charge in [-0.05, 0) is 14.1 Å². The minimum atomic E-state index is -3.38. The fourth-order valence-corrected chi connectivity index (χ4v) is 3.44. The molecule has 1 unspecified atom stereocenters. The van der Waals surface area contributed by atoms with Crippen molar-refractivity contribution in [1.82, 2.24) is 23.1 Å². The molecule has 0 amide bonds. The molecule has 0 saturated heterocycles. The SMILES string of the molecule is CN(C)CC1CN(S(=O)(=O)N(C)C)Cc2cncn21. The number of fused-ring (bicyclic) bond motifs is 1. The Morgan fingerprint density at radius 1 is 1.37 bits per heavy atom. The molecule has 0 bridgehead atoms. The number of aromatic nitrogens is 2. The summed E-state index contributed by atoms with van der Waals surface area (Å²) < 4.78 is 29.4. The van der Waals surface area contributed by atoms with E-state index in [1.54, 1.807) is 26.6 Å². The zero-order valence-electron chi connectivity index (χ0n) is 11.8. The van der Waals surface area contributed by atoms with Gasteiger partial charge in [-0.15, -0.1) is 0 Å². The molecule has 0 spiro atoms. The lowest BCUT2D eigenvalue weighted by Gasteiger charge is -2.36. The van der Waals surface area contributed by atoms with Crippen LogP contribution in [0.15, 0.2) is 12.5 Å². The number of rotatable bonds is 4. The highest BCUT2D eigenvalue weighted by Gasteiger charge is 2.33. The molecule has 19 heavy (non-hydrogen) atoms. The molecule has 7 nitrogen and oxygen atoms in total. The molecule has 0 fully saturated rings. The van der Waals surface area contributed by atoms with E-state index in [1.807, 2.05) is 14.1 Å². The Hall–Kier alpha value is -0.960. The molecule has 0 aromatic carbocycles. The molecule has 1 aliphatic heterocycles. The van der Waals surface area contributed by atoms with Gasteiger partial charge in [0.15, 0.2) is 0 Å². The Labute approximate surface area is 114 Å². The van der Waals surface area contributed by atoms with Crippen LogP contribution in [0.5, 0.6) is 0 Å². The minimum absolute atomic E-state index is 0.0935. The number of hydrogen-bond acceptors (Lipinski definition) is 4. The monoisotopic (exact) mass is 287 g/mol. The first kappa shape index (κ1) is 14.4. The maximum Gasteiger partial charge on any atom is 0.281 e. The van der Waals surface area contributed by atoms with E-state index in [0.29, 0.717) is 13.1 Å². The second-order valence-electron chi connectivity index (χ2n) is 5.29. The maximum atomic E-state index is 12.3. The van der Waals surface area contributed by atoms with E-state index in [4.69, 9.17) is 0 Å². The third-order valence-corrected chi connectivity index (χ3v) is 5.11. The molecule has 0 saturated carbocycles. The van der Waals surface area contributed by atoms with Gasteiger partial charge in [-0.25, -0.2) is 4.98 Å². The first-order valence-corrected chi connectivity index (χ1v) is 7.55. The third-order valence-electron chi connectivity index (χ3n) is 3.26. The molecule has 1 aromatic heterocycles. The first-order chi connectivity index (χ1) is 8.82. The van der Waals surface area contributed by atoms with Crippen molar-refractivity contribution in [3.63, 3.8) is 0 Å². The van der Waals surface area contributed by atoms with Gasteiger partial charge in [-0.3, -0.25) is 0 Å². The highest BCUT2D eigenvalue weighted by molar-refractivity contribution is 7.86. The van der Waals surface area contributed by atoms with Gasteiger partial charge in [0.05, 0.1) is 24.6 Å². The van der Waals surface area contributed by atoms with E-state index in [9.17, 15) is 8.42 Å². The smallest absolute Gasteiger partial charge is 0.281 e. The molecule has 1 aliphatic rings. The van der Waals surface area contributed by atoms with Crippen LogP contribution in [-0.2, 0) is 16.8 Å². The zero-order chi connectivity index (χ0) is 14.2. The highest BCUT2D eigenvalue weighted by Crippen LogP contribution is 2.24. The van der Waals surface area contributed by atoms with Gasteiger partial charge >= 0.3 is 0 Å². The number of likely N-dealkylation sites (N-methyl/N-ethyl adjacent to an activating group) is 1. The van der Waals surface area contributed by atoms with Crippen molar-refractivity contribution in [2.45, 2.75) is 12.6 Å². The minimum Gasteiger partial charge on any atom is -0.328 e. The van der Waals surface area contributed by atoms with Gasteiger partial charge in [-0.2, -0.15) is 17.0 Å². The average molecular weight is 287 g/mol. The predicted molar refractivity (Wildman–Crippen MR) is 72.8 cm³/mol. The van der Waals surface area contributed by atoms with Crippen molar-refractivity contribution >= 4 is 10.2 Å². The summed E-state index contributed by atoms with van der Waals surface area (Å²) in [7, 11) is 3.70. The summed E-state index contributed by atoms with van der Waals surface area (Å²) in [6, 6.07) is 0.0935. The van der Waals surface area contributed by atoms with Crippen LogP contribution in [0.1, 0.15) is 11.7 Å². The van der Waals surface area contributed by atoms with Crippen LogP contribution in [0, 0.1) is 0 Å². The van der Waals surface area contributed by atoms with Gasteiger partial charge in [0.1, 0.15) is 0 Å². The Morgan fingerprint density at radius 2 is 2.05 bits per heavy atom. The van der Waals surface area contributed by atoms with Crippen LogP contribution in [0.2, 0.25) is 0 Å². The average Bonchev–Trinajstić information content (AvgIpc) is 2.76. The van der Waals surface area contributed by atoms with Crippen LogP contribution in [0.3, 0.4) is 0 Å². The van der Waals surface area contributed by atoms with Crippen LogP contribution >= 0.6 is 0 Å². The van der Waals surface area contributed by atoms with Crippen molar-refractivity contribution in [2.75, 3.05) is 41.3 Å².